The maximum absolute atomic E-state index is 13.7. The normalized spacial score (nSPS) is 33.9. The van der Waals surface area contributed by atoms with E-state index in [1.807, 2.05) is 0 Å². The Bertz CT molecular complexity index is 1080. The molecule has 0 unspecified atom stereocenters. The van der Waals surface area contributed by atoms with Gasteiger partial charge in [-0.25, -0.2) is 25.3 Å². The number of aryl methyl sites for hydroxylation is 1. The molecule has 4 atom stereocenters. The fourth-order valence-electron chi connectivity index (χ4n) is 4.45. The van der Waals surface area contributed by atoms with E-state index in [4.69, 9.17) is 4.74 Å². The van der Waals surface area contributed by atoms with Crippen LogP contribution in [0, 0.1) is 6.92 Å². The summed E-state index contributed by atoms with van der Waals surface area (Å²) >= 11 is 0. The number of benzene rings is 1. The van der Waals surface area contributed by atoms with Crippen LogP contribution >= 0.6 is 0 Å². The molecule has 0 aliphatic carbocycles. The van der Waals surface area contributed by atoms with E-state index in [0.717, 1.165) is 4.31 Å². The Hall–Kier alpha value is -1.21. The monoisotopic (exact) mass is 450 g/mol. The van der Waals surface area contributed by atoms with E-state index in [0.29, 0.717) is 5.56 Å². The Morgan fingerprint density at radius 2 is 1.54 bits per heavy atom. The molecule has 4 rings (SSSR count). The molecule has 0 bridgehead atoms. The lowest BCUT2D eigenvalue weighted by atomic mass is 10.0. The second kappa shape index (κ2) is 6.39. The van der Waals surface area contributed by atoms with Gasteiger partial charge in [0.15, 0.2) is 19.7 Å². The zero-order valence-electron chi connectivity index (χ0n) is 15.4. The average Bonchev–Trinajstić information content (AvgIpc) is 3.03. The molecule has 0 spiro atoms. The molecule has 3 aliphatic heterocycles. The van der Waals surface area contributed by atoms with Crippen molar-refractivity contribution in [1.82, 2.24) is 9.62 Å². The summed E-state index contributed by atoms with van der Waals surface area (Å²) in [4.78, 5) is -0.0806. The number of fused-ring (bicyclic) bond motifs is 2. The lowest BCUT2D eigenvalue weighted by molar-refractivity contribution is 0.160. The van der Waals surface area contributed by atoms with Gasteiger partial charge in [-0.05, 0) is 24.6 Å². The van der Waals surface area contributed by atoms with Gasteiger partial charge in [-0.1, -0.05) is 6.07 Å². The molecule has 9 nitrogen and oxygen atoms in total. The van der Waals surface area contributed by atoms with Crippen molar-refractivity contribution in [2.75, 3.05) is 30.1 Å². The minimum Gasteiger partial charge on any atom is -0.495 e. The second-order valence-corrected chi connectivity index (χ2v) is 13.8. The predicted molar refractivity (Wildman–Crippen MR) is 102 cm³/mol. The topological polar surface area (TPSA) is 127 Å². The summed E-state index contributed by atoms with van der Waals surface area (Å²) in [7, 11) is -9.72. The van der Waals surface area contributed by atoms with Gasteiger partial charge < -0.3 is 10.1 Å². The van der Waals surface area contributed by atoms with E-state index in [9.17, 15) is 25.3 Å². The molecule has 1 aromatic rings. The summed E-state index contributed by atoms with van der Waals surface area (Å²) in [6.07, 6.45) is 0. The van der Waals surface area contributed by atoms with E-state index in [1.165, 1.54) is 19.2 Å². The molecule has 3 saturated heterocycles. The first kappa shape index (κ1) is 20.1. The zero-order valence-corrected chi connectivity index (χ0v) is 17.8. The maximum Gasteiger partial charge on any atom is 0.247 e. The number of methoxy groups -OCH3 is 1. The third kappa shape index (κ3) is 3.24. The summed E-state index contributed by atoms with van der Waals surface area (Å²) in [6, 6.07) is 1.74. The molecule has 0 amide bonds. The van der Waals surface area contributed by atoms with E-state index in [2.05, 4.69) is 5.32 Å². The fraction of sp³-hybridized carbons (Fsp3) is 0.625. The lowest BCUT2D eigenvalue weighted by Crippen LogP contribution is -2.67. The van der Waals surface area contributed by atoms with Gasteiger partial charge in [0.2, 0.25) is 10.0 Å². The standard InChI is InChI=1S/C16H22N2O7S3/c1-10-3-4-15(25-2)16(5-10)28(23,24)18-13-8-26(19,20)6-11(13)17-12-7-27(21,22)9-14(12)18/h3-5,11-14,17H,6-9H2,1-2H3/t11-,12-,13+,14+/m0/s1. The summed E-state index contributed by atoms with van der Waals surface area (Å²) < 4.78 is 82.6. The van der Waals surface area contributed by atoms with E-state index >= 15 is 0 Å². The van der Waals surface area contributed by atoms with Crippen LogP contribution in [0.2, 0.25) is 0 Å². The van der Waals surface area contributed by atoms with Gasteiger partial charge in [0.1, 0.15) is 10.6 Å². The van der Waals surface area contributed by atoms with Crippen LogP contribution in [0.5, 0.6) is 5.75 Å². The number of ether oxygens (including phenoxy) is 1. The summed E-state index contributed by atoms with van der Waals surface area (Å²) in [5.74, 6) is -0.947. The van der Waals surface area contributed by atoms with Crippen molar-refractivity contribution < 1.29 is 30.0 Å². The van der Waals surface area contributed by atoms with Gasteiger partial charge in [0.05, 0.1) is 42.2 Å². The molecule has 28 heavy (non-hydrogen) atoms. The highest BCUT2D eigenvalue weighted by atomic mass is 32.2. The number of piperazine rings is 1. The largest absolute Gasteiger partial charge is 0.495 e. The number of rotatable bonds is 3. The quantitative estimate of drug-likeness (QED) is 0.617. The molecule has 0 radical (unpaired) electrons. The molecular weight excluding hydrogens is 428 g/mol. The summed E-state index contributed by atoms with van der Waals surface area (Å²) in [5, 5.41) is 3.09. The van der Waals surface area contributed by atoms with Crippen molar-refractivity contribution in [2.24, 2.45) is 0 Å². The van der Waals surface area contributed by atoms with Crippen LogP contribution in [0.15, 0.2) is 23.1 Å². The van der Waals surface area contributed by atoms with Crippen LogP contribution in [0.25, 0.3) is 0 Å². The number of sulfonamides is 1. The number of nitrogens with one attached hydrogen (secondary N) is 1. The molecule has 3 fully saturated rings. The minimum atomic E-state index is -4.20. The first-order valence-corrected chi connectivity index (χ1v) is 13.9. The predicted octanol–water partition coefficient (Wildman–Crippen LogP) is -1.07. The smallest absolute Gasteiger partial charge is 0.247 e. The average molecular weight is 451 g/mol. The SMILES string of the molecule is COc1ccc(C)cc1S(=O)(=O)N1[C@@H]2CS(=O)(=O)C[C@@H]2N[C@H]2CS(=O)(=O)C[C@H]21. The van der Waals surface area contributed by atoms with Gasteiger partial charge >= 0.3 is 0 Å². The third-order valence-electron chi connectivity index (χ3n) is 5.60. The van der Waals surface area contributed by atoms with Crippen LogP contribution in [-0.4, -0.2) is 83.8 Å². The molecule has 0 saturated carbocycles. The third-order valence-corrected chi connectivity index (χ3v) is 11.0. The maximum atomic E-state index is 13.7. The molecule has 1 N–H and O–H groups in total. The van der Waals surface area contributed by atoms with Crippen molar-refractivity contribution in [2.45, 2.75) is 36.0 Å². The molecule has 12 heteroatoms. The van der Waals surface area contributed by atoms with Crippen LogP contribution < -0.4 is 10.1 Å². The van der Waals surface area contributed by atoms with Gasteiger partial charge in [0.25, 0.3) is 0 Å². The Morgan fingerprint density at radius 1 is 1.00 bits per heavy atom. The van der Waals surface area contributed by atoms with Crippen molar-refractivity contribution in [3.8, 4) is 5.75 Å². The first-order chi connectivity index (χ1) is 12.9. The molecule has 3 heterocycles. The molecular formula is C16H22N2O7S3. The first-order valence-electron chi connectivity index (χ1n) is 8.79. The van der Waals surface area contributed by atoms with E-state index < -0.39 is 53.9 Å². The van der Waals surface area contributed by atoms with Crippen molar-refractivity contribution in [1.29, 1.82) is 0 Å². The highest BCUT2D eigenvalue weighted by Crippen LogP contribution is 2.38. The lowest BCUT2D eigenvalue weighted by Gasteiger charge is -2.43. The number of hydrogen-bond donors (Lipinski definition) is 1. The van der Waals surface area contributed by atoms with Crippen molar-refractivity contribution >= 4 is 29.7 Å². The van der Waals surface area contributed by atoms with Crippen LogP contribution in [0.3, 0.4) is 0 Å². The van der Waals surface area contributed by atoms with Crippen molar-refractivity contribution in [3.63, 3.8) is 0 Å². The Labute approximate surface area is 164 Å². The van der Waals surface area contributed by atoms with E-state index in [-0.39, 0.29) is 33.7 Å². The Balaban J connectivity index is 1.88. The van der Waals surface area contributed by atoms with Gasteiger partial charge in [-0.3, -0.25) is 0 Å². The van der Waals surface area contributed by atoms with Crippen LogP contribution in [0.4, 0.5) is 0 Å². The number of sulfone groups is 2. The molecule has 156 valence electrons. The van der Waals surface area contributed by atoms with Crippen LogP contribution in [0.1, 0.15) is 5.56 Å². The van der Waals surface area contributed by atoms with Gasteiger partial charge in [-0.2, -0.15) is 4.31 Å². The Morgan fingerprint density at radius 3 is 2.04 bits per heavy atom. The highest BCUT2D eigenvalue weighted by Gasteiger charge is 2.57. The summed E-state index contributed by atoms with van der Waals surface area (Å²) in [5.41, 5.74) is 0.695. The molecule has 0 aromatic heterocycles. The minimum absolute atomic E-state index is 0.0806. The van der Waals surface area contributed by atoms with Crippen LogP contribution in [-0.2, 0) is 29.7 Å². The van der Waals surface area contributed by atoms with Gasteiger partial charge in [0, 0.05) is 12.1 Å². The van der Waals surface area contributed by atoms with Crippen molar-refractivity contribution in [3.05, 3.63) is 23.8 Å². The Kier molecular flexibility index (Phi) is 4.58. The second-order valence-electron chi connectivity index (χ2n) is 7.66. The highest BCUT2D eigenvalue weighted by molar-refractivity contribution is 7.92. The number of nitrogens with zero attached hydrogens (tertiary/aromatic N) is 1. The van der Waals surface area contributed by atoms with Gasteiger partial charge in [-0.15, -0.1) is 0 Å². The number of hydrogen-bond acceptors (Lipinski definition) is 8. The zero-order chi connectivity index (χ0) is 20.5. The summed E-state index contributed by atoms with van der Waals surface area (Å²) in [6.45, 7) is 1.74. The van der Waals surface area contributed by atoms with E-state index in [1.54, 1.807) is 13.0 Å². The molecule has 1 aromatic carbocycles. The fourth-order valence-corrected chi connectivity index (χ4v) is 10.6. The molecule has 3 aliphatic rings.